The van der Waals surface area contributed by atoms with Crippen LogP contribution < -0.4 is 15.7 Å². The van der Waals surface area contributed by atoms with Crippen molar-refractivity contribution in [2.45, 2.75) is 0 Å². The van der Waals surface area contributed by atoms with E-state index in [0.717, 1.165) is 11.0 Å². The summed E-state index contributed by atoms with van der Waals surface area (Å²) in [6.07, 6.45) is 1.49. The van der Waals surface area contributed by atoms with Gasteiger partial charge in [-0.15, -0.1) is 0 Å². The van der Waals surface area contributed by atoms with Gasteiger partial charge in [-0.1, -0.05) is 18.2 Å². The summed E-state index contributed by atoms with van der Waals surface area (Å²) in [4.78, 5) is 24.5. The van der Waals surface area contributed by atoms with Crippen molar-refractivity contribution in [2.75, 3.05) is 12.4 Å². The molecule has 27 heavy (non-hydrogen) atoms. The zero-order valence-corrected chi connectivity index (χ0v) is 15.2. The molecular weight excluding hydrogens is 344 g/mol. The van der Waals surface area contributed by atoms with Gasteiger partial charge in [0, 0.05) is 14.1 Å². The minimum Gasteiger partial charge on any atom is -0.495 e. The van der Waals surface area contributed by atoms with Gasteiger partial charge in [0.15, 0.2) is 0 Å². The summed E-state index contributed by atoms with van der Waals surface area (Å²) in [7, 11) is 4.88. The standard InChI is InChI=1S/C20H18N4O3/c1-23-16-9-8-13(11-17(16)24(2)20(23)26)10-14(12-21)19(25)22-15-6-4-5-7-18(15)27-3/h4-11H,1-3H3,(H,22,25)/b14-10+. The molecule has 0 spiro atoms. The lowest BCUT2D eigenvalue weighted by Crippen LogP contribution is -2.19. The summed E-state index contributed by atoms with van der Waals surface area (Å²) < 4.78 is 8.27. The predicted octanol–water partition coefficient (Wildman–Crippen LogP) is 2.43. The van der Waals surface area contributed by atoms with E-state index >= 15 is 0 Å². The first-order chi connectivity index (χ1) is 13.0. The van der Waals surface area contributed by atoms with E-state index in [4.69, 9.17) is 4.74 Å². The number of nitrogens with one attached hydrogen (secondary N) is 1. The zero-order chi connectivity index (χ0) is 19.6. The Morgan fingerprint density at radius 1 is 1.15 bits per heavy atom. The van der Waals surface area contributed by atoms with E-state index in [-0.39, 0.29) is 11.3 Å². The molecular formula is C20H18N4O3. The van der Waals surface area contributed by atoms with Crippen LogP contribution in [0.5, 0.6) is 5.75 Å². The third kappa shape index (κ3) is 3.33. The van der Waals surface area contributed by atoms with E-state index in [2.05, 4.69) is 5.32 Å². The lowest BCUT2D eigenvalue weighted by molar-refractivity contribution is -0.112. The van der Waals surface area contributed by atoms with Crippen LogP contribution in [0.1, 0.15) is 5.56 Å². The highest BCUT2D eigenvalue weighted by molar-refractivity contribution is 6.10. The van der Waals surface area contributed by atoms with Crippen molar-refractivity contribution < 1.29 is 9.53 Å². The van der Waals surface area contributed by atoms with E-state index < -0.39 is 5.91 Å². The molecule has 1 N–H and O–H groups in total. The maximum Gasteiger partial charge on any atom is 0.328 e. The number of methoxy groups -OCH3 is 1. The number of ether oxygens (including phenoxy) is 1. The molecule has 3 rings (SSSR count). The van der Waals surface area contributed by atoms with Crippen LogP contribution in [0.2, 0.25) is 0 Å². The number of carbonyl (C=O) groups is 1. The Labute approximate surface area is 155 Å². The molecule has 1 aromatic heterocycles. The number of nitriles is 1. The normalized spacial score (nSPS) is 11.3. The Morgan fingerprint density at radius 2 is 1.85 bits per heavy atom. The Morgan fingerprint density at radius 3 is 2.56 bits per heavy atom. The maximum atomic E-state index is 12.5. The van der Waals surface area contributed by atoms with Crippen LogP contribution in [-0.2, 0) is 18.9 Å². The smallest absolute Gasteiger partial charge is 0.328 e. The molecule has 1 heterocycles. The van der Waals surface area contributed by atoms with Crippen molar-refractivity contribution in [3.63, 3.8) is 0 Å². The fourth-order valence-electron chi connectivity index (χ4n) is 2.87. The summed E-state index contributed by atoms with van der Waals surface area (Å²) in [5.74, 6) is -0.0344. The molecule has 2 aromatic carbocycles. The Hall–Kier alpha value is -3.79. The molecule has 0 aliphatic heterocycles. The molecule has 3 aromatic rings. The predicted molar refractivity (Wildman–Crippen MR) is 103 cm³/mol. The molecule has 0 saturated heterocycles. The summed E-state index contributed by atoms with van der Waals surface area (Å²) in [6.45, 7) is 0. The van der Waals surface area contributed by atoms with Gasteiger partial charge in [-0.05, 0) is 35.9 Å². The molecule has 0 radical (unpaired) electrons. The molecule has 7 heteroatoms. The Balaban J connectivity index is 1.95. The molecule has 0 unspecified atom stereocenters. The first-order valence-electron chi connectivity index (χ1n) is 8.18. The number of amides is 1. The van der Waals surface area contributed by atoms with Gasteiger partial charge in [0.1, 0.15) is 17.4 Å². The second-order valence-corrected chi connectivity index (χ2v) is 5.97. The molecule has 0 aliphatic rings. The lowest BCUT2D eigenvalue weighted by Gasteiger charge is -2.09. The van der Waals surface area contributed by atoms with E-state index in [1.54, 1.807) is 61.1 Å². The second kappa shape index (κ2) is 7.22. The van der Waals surface area contributed by atoms with Crippen molar-refractivity contribution in [3.05, 3.63) is 64.1 Å². The van der Waals surface area contributed by atoms with Crippen LogP contribution in [-0.4, -0.2) is 22.2 Å². The van der Waals surface area contributed by atoms with Crippen molar-refractivity contribution in [2.24, 2.45) is 14.1 Å². The summed E-state index contributed by atoms with van der Waals surface area (Å²) in [5.41, 5.74) is 2.43. The van der Waals surface area contributed by atoms with Gasteiger partial charge in [0.25, 0.3) is 5.91 Å². The largest absolute Gasteiger partial charge is 0.495 e. The van der Waals surface area contributed by atoms with Crippen molar-refractivity contribution >= 4 is 28.7 Å². The van der Waals surface area contributed by atoms with Crippen LogP contribution in [0, 0.1) is 11.3 Å². The number of aromatic nitrogens is 2. The Kier molecular flexibility index (Phi) is 4.81. The first kappa shape index (κ1) is 18.0. The number of para-hydroxylation sites is 2. The lowest BCUT2D eigenvalue weighted by atomic mass is 10.1. The minimum absolute atomic E-state index is 0.0545. The molecule has 0 aliphatic carbocycles. The topological polar surface area (TPSA) is 89.1 Å². The van der Waals surface area contributed by atoms with Gasteiger partial charge in [0.2, 0.25) is 0 Å². The number of benzene rings is 2. The van der Waals surface area contributed by atoms with E-state index in [1.807, 2.05) is 6.07 Å². The van der Waals surface area contributed by atoms with Crippen molar-refractivity contribution in [1.29, 1.82) is 5.26 Å². The Bertz CT molecular complexity index is 1160. The number of hydrogen-bond donors (Lipinski definition) is 1. The molecule has 7 nitrogen and oxygen atoms in total. The second-order valence-electron chi connectivity index (χ2n) is 5.97. The highest BCUT2D eigenvalue weighted by Crippen LogP contribution is 2.24. The number of aryl methyl sites for hydroxylation is 2. The summed E-state index contributed by atoms with van der Waals surface area (Å²) in [6, 6.07) is 14.2. The average Bonchev–Trinajstić information content (AvgIpc) is 2.90. The highest BCUT2D eigenvalue weighted by Gasteiger charge is 2.13. The first-order valence-corrected chi connectivity index (χ1v) is 8.18. The SMILES string of the molecule is COc1ccccc1NC(=O)/C(C#N)=C/c1ccc2c(c1)n(C)c(=O)n2C. The average molecular weight is 362 g/mol. The molecule has 0 atom stereocenters. The highest BCUT2D eigenvalue weighted by atomic mass is 16.5. The van der Waals surface area contributed by atoms with Gasteiger partial charge >= 0.3 is 5.69 Å². The number of nitrogens with zero attached hydrogens (tertiary/aromatic N) is 3. The van der Waals surface area contributed by atoms with Crippen LogP contribution in [0.4, 0.5) is 5.69 Å². The summed E-state index contributed by atoms with van der Waals surface area (Å²) >= 11 is 0. The van der Waals surface area contributed by atoms with Crippen LogP contribution in [0.3, 0.4) is 0 Å². The van der Waals surface area contributed by atoms with Gasteiger partial charge in [-0.25, -0.2) is 4.79 Å². The molecule has 0 bridgehead atoms. The fraction of sp³-hybridized carbons (Fsp3) is 0.150. The van der Waals surface area contributed by atoms with Crippen LogP contribution in [0.15, 0.2) is 52.8 Å². The zero-order valence-electron chi connectivity index (χ0n) is 15.2. The number of rotatable bonds is 4. The molecule has 136 valence electrons. The number of imidazole rings is 1. The van der Waals surface area contributed by atoms with Gasteiger partial charge in [-0.2, -0.15) is 5.26 Å². The van der Waals surface area contributed by atoms with E-state index in [1.165, 1.54) is 17.8 Å². The van der Waals surface area contributed by atoms with Crippen molar-refractivity contribution in [1.82, 2.24) is 9.13 Å². The number of hydrogen-bond acceptors (Lipinski definition) is 4. The van der Waals surface area contributed by atoms with Gasteiger partial charge in [0.05, 0.1) is 23.8 Å². The number of fused-ring (bicyclic) bond motifs is 1. The van der Waals surface area contributed by atoms with E-state index in [0.29, 0.717) is 17.0 Å². The van der Waals surface area contributed by atoms with Crippen LogP contribution in [0.25, 0.3) is 17.1 Å². The molecule has 0 fully saturated rings. The number of anilines is 1. The molecule has 0 saturated carbocycles. The van der Waals surface area contributed by atoms with Gasteiger partial charge < -0.3 is 10.1 Å². The third-order valence-electron chi connectivity index (χ3n) is 4.33. The maximum absolute atomic E-state index is 12.5. The number of carbonyl (C=O) groups excluding carboxylic acids is 1. The monoisotopic (exact) mass is 362 g/mol. The van der Waals surface area contributed by atoms with Gasteiger partial charge in [-0.3, -0.25) is 13.9 Å². The quantitative estimate of drug-likeness (QED) is 0.570. The molecule has 1 amide bonds. The third-order valence-corrected chi connectivity index (χ3v) is 4.33. The fourth-order valence-corrected chi connectivity index (χ4v) is 2.87. The van der Waals surface area contributed by atoms with E-state index in [9.17, 15) is 14.9 Å². The van der Waals surface area contributed by atoms with Crippen LogP contribution >= 0.6 is 0 Å². The minimum atomic E-state index is -0.538. The summed E-state index contributed by atoms with van der Waals surface area (Å²) in [5, 5.41) is 12.1. The van der Waals surface area contributed by atoms with Crippen molar-refractivity contribution in [3.8, 4) is 11.8 Å².